The van der Waals surface area contributed by atoms with Crippen LogP contribution in [0.15, 0.2) is 36.4 Å². The van der Waals surface area contributed by atoms with Gasteiger partial charge in [-0.15, -0.1) is 0 Å². The minimum atomic E-state index is -0.609. The van der Waals surface area contributed by atoms with Gasteiger partial charge in [0.05, 0.1) is 0 Å². The van der Waals surface area contributed by atoms with Gasteiger partial charge in [-0.1, -0.05) is 12.1 Å². The van der Waals surface area contributed by atoms with E-state index in [9.17, 15) is 19.8 Å². The van der Waals surface area contributed by atoms with Gasteiger partial charge in [-0.2, -0.15) is 0 Å². The molecule has 1 unspecified atom stereocenters. The highest BCUT2D eigenvalue weighted by molar-refractivity contribution is 6.00. The number of carbonyl (C=O) groups excluding carboxylic acids is 2. The van der Waals surface area contributed by atoms with E-state index in [1.165, 1.54) is 26.0 Å². The van der Waals surface area contributed by atoms with E-state index in [1.54, 1.807) is 24.3 Å². The topological polar surface area (TPSA) is 112 Å². The molecule has 0 aromatic heterocycles. The van der Waals surface area contributed by atoms with Crippen LogP contribution in [-0.2, 0) is 9.47 Å². The third kappa shape index (κ3) is 5.99. The maximum absolute atomic E-state index is 11.9. The molecule has 8 nitrogen and oxygen atoms in total. The molecular formula is C24H28O8. The van der Waals surface area contributed by atoms with Crippen LogP contribution in [0.2, 0.25) is 0 Å². The number of hydrogen-bond acceptors (Lipinski definition) is 8. The molecule has 1 fully saturated rings. The smallest absolute Gasteiger partial charge is 0.167 e. The van der Waals surface area contributed by atoms with Crippen molar-refractivity contribution in [2.45, 2.75) is 45.5 Å². The minimum Gasteiger partial charge on any atom is -0.507 e. The molecule has 0 spiro atoms. The Morgan fingerprint density at radius 2 is 1.47 bits per heavy atom. The Hall–Kier alpha value is -3.10. The van der Waals surface area contributed by atoms with Crippen molar-refractivity contribution in [3.63, 3.8) is 0 Å². The Bertz CT molecular complexity index is 882. The lowest BCUT2D eigenvalue weighted by Crippen LogP contribution is -2.35. The zero-order valence-corrected chi connectivity index (χ0v) is 18.2. The summed E-state index contributed by atoms with van der Waals surface area (Å²) in [5.41, 5.74) is 0.181. The molecule has 0 saturated carbocycles. The van der Waals surface area contributed by atoms with Gasteiger partial charge in [0.2, 0.25) is 0 Å². The molecule has 1 heterocycles. The predicted octanol–water partition coefficient (Wildman–Crippen LogP) is 3.87. The summed E-state index contributed by atoms with van der Waals surface area (Å²) in [5.74, 6) is -0.508. The van der Waals surface area contributed by atoms with E-state index in [2.05, 4.69) is 0 Å². The van der Waals surface area contributed by atoms with Crippen molar-refractivity contribution in [3.8, 4) is 23.0 Å². The number of benzene rings is 2. The van der Waals surface area contributed by atoms with Crippen LogP contribution < -0.4 is 9.47 Å². The van der Waals surface area contributed by atoms with E-state index >= 15 is 0 Å². The summed E-state index contributed by atoms with van der Waals surface area (Å²) in [5, 5.41) is 20.0. The Morgan fingerprint density at radius 3 is 1.91 bits per heavy atom. The highest BCUT2D eigenvalue weighted by Gasteiger charge is 2.24. The molecule has 1 aliphatic rings. The molecule has 2 N–H and O–H groups in total. The third-order valence-corrected chi connectivity index (χ3v) is 5.04. The van der Waals surface area contributed by atoms with Crippen molar-refractivity contribution in [1.29, 1.82) is 0 Å². The van der Waals surface area contributed by atoms with E-state index in [4.69, 9.17) is 18.9 Å². The van der Waals surface area contributed by atoms with E-state index < -0.39 is 12.4 Å². The van der Waals surface area contributed by atoms with Gasteiger partial charge in [0.15, 0.2) is 17.9 Å². The molecule has 2 aromatic rings. The predicted molar refractivity (Wildman–Crippen MR) is 116 cm³/mol. The number of rotatable bonds is 10. The first kappa shape index (κ1) is 23.6. The molecule has 8 heteroatoms. The SMILES string of the molecule is CC(=O)c1c(O)cccc1OCC(COc1cccc(O)c1C(C)=O)OC1CCCCO1. The number of aromatic hydroxyl groups is 2. The standard InChI is InChI=1S/C24H28O8/c1-15(25)23-18(27)7-5-9-20(23)30-13-17(32-22-11-3-4-12-29-22)14-31-21-10-6-8-19(28)24(21)16(2)26/h5-10,17,22,27-28H,3-4,11-14H2,1-2H3. The van der Waals surface area contributed by atoms with Gasteiger partial charge in [0.1, 0.15) is 53.4 Å². The maximum atomic E-state index is 11.9. The molecule has 0 amide bonds. The number of Topliss-reactive ketones (excluding diaryl/α,β-unsaturated/α-hetero) is 2. The molecule has 1 atom stereocenters. The quantitative estimate of drug-likeness (QED) is 0.531. The summed E-state index contributed by atoms with van der Waals surface area (Å²) in [6, 6.07) is 9.19. The van der Waals surface area contributed by atoms with Gasteiger partial charge in [0.25, 0.3) is 0 Å². The molecular weight excluding hydrogens is 416 g/mol. The zero-order valence-electron chi connectivity index (χ0n) is 18.2. The normalized spacial score (nSPS) is 16.0. The monoisotopic (exact) mass is 444 g/mol. The largest absolute Gasteiger partial charge is 0.507 e. The van der Waals surface area contributed by atoms with Crippen LogP contribution in [0.4, 0.5) is 0 Å². The van der Waals surface area contributed by atoms with E-state index in [-0.39, 0.29) is 58.9 Å². The molecule has 2 aromatic carbocycles. The lowest BCUT2D eigenvalue weighted by molar-refractivity contribution is -0.198. The summed E-state index contributed by atoms with van der Waals surface area (Å²) in [6.45, 7) is 3.32. The van der Waals surface area contributed by atoms with Gasteiger partial charge in [-0.3, -0.25) is 9.59 Å². The number of carbonyl (C=O) groups is 2. The number of ketones is 2. The van der Waals surface area contributed by atoms with Gasteiger partial charge in [-0.25, -0.2) is 0 Å². The van der Waals surface area contributed by atoms with Gasteiger partial charge < -0.3 is 29.2 Å². The number of hydrogen-bond donors (Lipinski definition) is 2. The average Bonchev–Trinajstić information content (AvgIpc) is 2.75. The number of ether oxygens (including phenoxy) is 4. The Kier molecular flexibility index (Phi) is 8.08. The van der Waals surface area contributed by atoms with E-state index in [0.29, 0.717) is 6.61 Å². The van der Waals surface area contributed by atoms with Crippen LogP contribution in [0.3, 0.4) is 0 Å². The first-order valence-electron chi connectivity index (χ1n) is 10.5. The van der Waals surface area contributed by atoms with Crippen molar-refractivity contribution in [3.05, 3.63) is 47.5 Å². The Balaban J connectivity index is 1.75. The highest BCUT2D eigenvalue weighted by atomic mass is 16.7. The molecule has 0 radical (unpaired) electrons. The molecule has 0 aliphatic carbocycles. The van der Waals surface area contributed by atoms with Crippen molar-refractivity contribution in [1.82, 2.24) is 0 Å². The fourth-order valence-corrected chi connectivity index (χ4v) is 3.51. The van der Waals surface area contributed by atoms with Crippen molar-refractivity contribution < 1.29 is 38.7 Å². The second-order valence-electron chi connectivity index (χ2n) is 7.59. The van der Waals surface area contributed by atoms with Gasteiger partial charge in [0, 0.05) is 6.61 Å². The lowest BCUT2D eigenvalue weighted by atomic mass is 10.1. The second kappa shape index (κ2) is 11.0. The van der Waals surface area contributed by atoms with E-state index in [1.807, 2.05) is 0 Å². The second-order valence-corrected chi connectivity index (χ2v) is 7.59. The molecule has 32 heavy (non-hydrogen) atoms. The van der Waals surface area contributed by atoms with Crippen LogP contribution in [0, 0.1) is 0 Å². The van der Waals surface area contributed by atoms with Crippen molar-refractivity contribution in [2.75, 3.05) is 19.8 Å². The molecule has 172 valence electrons. The molecule has 0 bridgehead atoms. The molecule has 3 rings (SSSR count). The maximum Gasteiger partial charge on any atom is 0.167 e. The van der Waals surface area contributed by atoms with Crippen LogP contribution >= 0.6 is 0 Å². The Labute approximate surface area is 186 Å². The number of phenols is 2. The number of phenolic OH excluding ortho intramolecular Hbond substituents is 2. The Morgan fingerprint density at radius 1 is 0.938 bits per heavy atom. The van der Waals surface area contributed by atoms with Gasteiger partial charge >= 0.3 is 0 Å². The zero-order chi connectivity index (χ0) is 23.1. The summed E-state index contributed by atoms with van der Waals surface area (Å²) in [4.78, 5) is 23.8. The third-order valence-electron chi connectivity index (χ3n) is 5.04. The van der Waals surface area contributed by atoms with Crippen LogP contribution in [0.1, 0.15) is 53.8 Å². The van der Waals surface area contributed by atoms with Crippen molar-refractivity contribution in [2.24, 2.45) is 0 Å². The average molecular weight is 444 g/mol. The first-order chi connectivity index (χ1) is 15.4. The summed E-state index contributed by atoms with van der Waals surface area (Å²) in [7, 11) is 0. The van der Waals surface area contributed by atoms with Crippen LogP contribution in [0.25, 0.3) is 0 Å². The molecule has 1 saturated heterocycles. The first-order valence-corrected chi connectivity index (χ1v) is 10.5. The van der Waals surface area contributed by atoms with E-state index in [0.717, 1.165) is 19.3 Å². The minimum absolute atomic E-state index is 0.0117. The fraction of sp³-hybridized carbons (Fsp3) is 0.417. The molecule has 1 aliphatic heterocycles. The lowest BCUT2D eigenvalue weighted by Gasteiger charge is -2.28. The fourth-order valence-electron chi connectivity index (χ4n) is 3.51. The summed E-state index contributed by atoms with van der Waals surface area (Å²) in [6.07, 6.45) is 1.64. The summed E-state index contributed by atoms with van der Waals surface area (Å²) < 4.78 is 23.3. The summed E-state index contributed by atoms with van der Waals surface area (Å²) >= 11 is 0. The van der Waals surface area contributed by atoms with Crippen LogP contribution in [0.5, 0.6) is 23.0 Å². The highest BCUT2D eigenvalue weighted by Crippen LogP contribution is 2.30. The van der Waals surface area contributed by atoms with Crippen LogP contribution in [-0.4, -0.2) is 54.0 Å². The van der Waals surface area contributed by atoms with Crippen molar-refractivity contribution >= 4 is 11.6 Å². The van der Waals surface area contributed by atoms with Gasteiger partial charge in [-0.05, 0) is 57.4 Å².